The number of pyridine rings is 1. The molecule has 0 saturated heterocycles. The number of hydrogen-bond acceptors (Lipinski definition) is 10. The van der Waals surface area contributed by atoms with Crippen molar-refractivity contribution in [1.82, 2.24) is 15.0 Å². The van der Waals surface area contributed by atoms with Crippen LogP contribution in [0.15, 0.2) is 96.6 Å². The molecule has 0 bridgehead atoms. The van der Waals surface area contributed by atoms with E-state index in [1.54, 1.807) is 56.1 Å². The maximum absolute atomic E-state index is 13.1. The fraction of sp³-hybridized carbons (Fsp3) is 0.152. The summed E-state index contributed by atoms with van der Waals surface area (Å²) in [6, 6.07) is 23.3. The number of aromatic nitrogens is 2. The Labute approximate surface area is 257 Å². The van der Waals surface area contributed by atoms with Crippen LogP contribution in [0.25, 0.3) is 0 Å². The molecular weight excluding hydrogens is 582 g/mol. The minimum Gasteiger partial charge on any atom is -0.497 e. The van der Waals surface area contributed by atoms with E-state index in [0.29, 0.717) is 22.2 Å². The van der Waals surface area contributed by atoms with Crippen molar-refractivity contribution in [3.05, 3.63) is 130 Å². The molecule has 44 heavy (non-hydrogen) atoms. The zero-order valence-electron chi connectivity index (χ0n) is 23.8. The number of benzene rings is 3. The quantitative estimate of drug-likeness (QED) is 0.157. The van der Waals surface area contributed by atoms with Gasteiger partial charge in [0, 0.05) is 17.6 Å². The summed E-state index contributed by atoms with van der Waals surface area (Å²) in [5, 5.41) is 3.05. The van der Waals surface area contributed by atoms with Gasteiger partial charge in [0.15, 0.2) is 17.6 Å². The normalized spacial score (nSPS) is 13.0. The van der Waals surface area contributed by atoms with Crippen LogP contribution in [0.2, 0.25) is 0 Å². The lowest BCUT2D eigenvalue weighted by Crippen LogP contribution is -2.32. The molecule has 11 heteroatoms. The van der Waals surface area contributed by atoms with Crippen molar-refractivity contribution >= 4 is 23.2 Å². The topological polar surface area (TPSA) is 109 Å². The average Bonchev–Trinajstić information content (AvgIpc) is 3.69. The highest BCUT2D eigenvalue weighted by atomic mass is 32.1. The van der Waals surface area contributed by atoms with E-state index in [9.17, 15) is 9.59 Å². The molecule has 0 N–H and O–H groups in total. The Bertz CT molecular complexity index is 1720. The summed E-state index contributed by atoms with van der Waals surface area (Å²) >= 11 is 1.31. The van der Waals surface area contributed by atoms with Gasteiger partial charge in [0.1, 0.15) is 29.7 Å². The molecular formula is C33H27N3O7S. The number of imide groups is 1. The van der Waals surface area contributed by atoms with Crippen LogP contribution in [0.5, 0.6) is 23.0 Å². The minimum absolute atomic E-state index is 0.230. The second-order valence-corrected chi connectivity index (χ2v) is 10.6. The van der Waals surface area contributed by atoms with Crippen molar-refractivity contribution in [2.45, 2.75) is 19.3 Å². The first kappa shape index (κ1) is 28.8. The maximum Gasteiger partial charge on any atom is 0.285 e. The van der Waals surface area contributed by atoms with E-state index in [1.165, 1.54) is 17.5 Å². The highest BCUT2D eigenvalue weighted by molar-refractivity contribution is 7.09. The molecule has 0 aliphatic carbocycles. The largest absolute Gasteiger partial charge is 0.497 e. The van der Waals surface area contributed by atoms with Gasteiger partial charge in [-0.15, -0.1) is 16.4 Å². The van der Waals surface area contributed by atoms with Crippen molar-refractivity contribution in [2.75, 3.05) is 14.2 Å². The molecule has 3 aromatic carbocycles. The SMILES string of the molecule is COc1ccc(COc2cnc(C(ON3C(=O)c4ccccc4C3=O)c3nccs3)cc2OCc2ccc(OC)cc2)cc1. The van der Waals surface area contributed by atoms with Gasteiger partial charge in [-0.2, -0.15) is 0 Å². The van der Waals surface area contributed by atoms with Gasteiger partial charge in [0.05, 0.1) is 37.2 Å². The number of methoxy groups -OCH3 is 2. The fourth-order valence-electron chi connectivity index (χ4n) is 4.53. The highest BCUT2D eigenvalue weighted by Crippen LogP contribution is 2.36. The smallest absolute Gasteiger partial charge is 0.285 e. The van der Waals surface area contributed by atoms with Gasteiger partial charge in [0.2, 0.25) is 0 Å². The van der Waals surface area contributed by atoms with Crippen molar-refractivity contribution in [1.29, 1.82) is 0 Å². The van der Waals surface area contributed by atoms with Crippen LogP contribution in [-0.4, -0.2) is 41.1 Å². The molecule has 5 aromatic rings. The summed E-state index contributed by atoms with van der Waals surface area (Å²) < 4.78 is 22.9. The molecule has 0 saturated carbocycles. The number of carbonyl (C=O) groups excluding carboxylic acids is 2. The summed E-state index contributed by atoms with van der Waals surface area (Å²) in [5.74, 6) is 1.17. The summed E-state index contributed by atoms with van der Waals surface area (Å²) in [6.45, 7) is 0.485. The lowest BCUT2D eigenvalue weighted by molar-refractivity contribution is -0.122. The van der Waals surface area contributed by atoms with Crippen molar-refractivity contribution in [3.8, 4) is 23.0 Å². The molecule has 3 heterocycles. The van der Waals surface area contributed by atoms with E-state index in [2.05, 4.69) is 9.97 Å². The van der Waals surface area contributed by atoms with Crippen LogP contribution in [-0.2, 0) is 18.1 Å². The molecule has 0 spiro atoms. The third-order valence-corrected chi connectivity index (χ3v) is 7.69. The third kappa shape index (κ3) is 6.10. The van der Waals surface area contributed by atoms with E-state index in [0.717, 1.165) is 27.7 Å². The summed E-state index contributed by atoms with van der Waals surface area (Å²) in [5.41, 5.74) is 2.75. The number of rotatable bonds is 12. The number of fused-ring (bicyclic) bond motifs is 1. The molecule has 222 valence electrons. The monoisotopic (exact) mass is 609 g/mol. The number of hydrogen-bond donors (Lipinski definition) is 0. The van der Waals surface area contributed by atoms with Crippen LogP contribution < -0.4 is 18.9 Å². The fourth-order valence-corrected chi connectivity index (χ4v) is 5.20. The van der Waals surface area contributed by atoms with Crippen LogP contribution >= 0.6 is 11.3 Å². The molecule has 10 nitrogen and oxygen atoms in total. The minimum atomic E-state index is -0.976. The lowest BCUT2D eigenvalue weighted by Gasteiger charge is -2.22. The number of amides is 2. The molecule has 1 unspecified atom stereocenters. The zero-order chi connectivity index (χ0) is 30.5. The van der Waals surface area contributed by atoms with Gasteiger partial charge in [-0.25, -0.2) is 9.82 Å². The van der Waals surface area contributed by atoms with E-state index >= 15 is 0 Å². The van der Waals surface area contributed by atoms with E-state index in [1.807, 2.05) is 48.5 Å². The Morgan fingerprint density at radius 2 is 1.32 bits per heavy atom. The first-order valence-corrected chi connectivity index (χ1v) is 14.5. The van der Waals surface area contributed by atoms with E-state index < -0.39 is 17.9 Å². The molecule has 2 amide bonds. The molecule has 6 rings (SSSR count). The van der Waals surface area contributed by atoms with Gasteiger partial charge in [-0.1, -0.05) is 36.4 Å². The first-order valence-electron chi connectivity index (χ1n) is 13.6. The first-order chi connectivity index (χ1) is 21.5. The summed E-state index contributed by atoms with van der Waals surface area (Å²) in [4.78, 5) is 41.3. The lowest BCUT2D eigenvalue weighted by atomic mass is 10.1. The molecule has 1 aliphatic rings. The molecule has 1 aliphatic heterocycles. The number of carbonyl (C=O) groups is 2. The predicted octanol–water partition coefficient (Wildman–Crippen LogP) is 6.03. The number of nitrogens with zero attached hydrogens (tertiary/aromatic N) is 3. The summed E-state index contributed by atoms with van der Waals surface area (Å²) in [7, 11) is 3.22. The van der Waals surface area contributed by atoms with Crippen LogP contribution in [0.4, 0.5) is 0 Å². The van der Waals surface area contributed by atoms with E-state index in [4.69, 9.17) is 23.8 Å². The molecule has 2 aromatic heterocycles. The van der Waals surface area contributed by atoms with Crippen LogP contribution in [0.3, 0.4) is 0 Å². The third-order valence-electron chi connectivity index (χ3n) is 6.87. The van der Waals surface area contributed by atoms with Gasteiger partial charge in [-0.05, 0) is 47.5 Å². The summed E-state index contributed by atoms with van der Waals surface area (Å²) in [6.07, 6.45) is 2.18. The van der Waals surface area contributed by atoms with Crippen LogP contribution in [0, 0.1) is 0 Å². The van der Waals surface area contributed by atoms with E-state index in [-0.39, 0.29) is 24.3 Å². The number of thiazole rings is 1. The molecule has 0 radical (unpaired) electrons. The Morgan fingerprint density at radius 1 is 0.750 bits per heavy atom. The Morgan fingerprint density at radius 3 is 1.84 bits per heavy atom. The Kier molecular flexibility index (Phi) is 8.48. The Balaban J connectivity index is 1.30. The van der Waals surface area contributed by atoms with Crippen molar-refractivity contribution in [2.24, 2.45) is 0 Å². The average molecular weight is 610 g/mol. The molecule has 0 fully saturated rings. The maximum atomic E-state index is 13.1. The van der Waals surface area contributed by atoms with Gasteiger partial charge in [-0.3, -0.25) is 14.6 Å². The number of hydroxylamine groups is 2. The van der Waals surface area contributed by atoms with Crippen molar-refractivity contribution in [3.63, 3.8) is 0 Å². The van der Waals surface area contributed by atoms with Gasteiger partial charge in [0.25, 0.3) is 11.8 Å². The second kappa shape index (κ2) is 12.9. The van der Waals surface area contributed by atoms with Gasteiger partial charge >= 0.3 is 0 Å². The molecule has 1 atom stereocenters. The highest BCUT2D eigenvalue weighted by Gasteiger charge is 2.39. The number of ether oxygens (including phenoxy) is 4. The zero-order valence-corrected chi connectivity index (χ0v) is 24.7. The standard InChI is InChI=1S/C33H27N3O7S/c1-39-23-11-7-21(8-12-23)19-41-28-17-27(35-18-29(28)42-20-22-9-13-24(40-2)14-10-22)30(31-34-15-16-44-31)43-36-32(37)25-5-3-4-6-26(25)33(36)38/h3-18,30H,19-20H2,1-2H3. The Hall–Kier alpha value is -5.26. The van der Waals surface area contributed by atoms with Gasteiger partial charge < -0.3 is 18.9 Å². The predicted molar refractivity (Wildman–Crippen MR) is 161 cm³/mol. The van der Waals surface area contributed by atoms with Crippen LogP contribution in [0.1, 0.15) is 48.6 Å². The van der Waals surface area contributed by atoms with Crippen molar-refractivity contribution < 1.29 is 33.4 Å². The second-order valence-electron chi connectivity index (χ2n) is 9.64.